The predicted octanol–water partition coefficient (Wildman–Crippen LogP) is 4.81. The number of rotatable bonds is 0. The fourth-order valence-electron chi connectivity index (χ4n) is 7.04. The van der Waals surface area contributed by atoms with Gasteiger partial charge < -0.3 is 5.11 Å². The van der Waals surface area contributed by atoms with Gasteiger partial charge in [-0.25, -0.2) is 0 Å². The third-order valence-electron chi connectivity index (χ3n) is 8.58. The molecule has 140 valence electrons. The van der Waals surface area contributed by atoms with Gasteiger partial charge in [0.25, 0.3) is 0 Å². The molecule has 0 unspecified atom stereocenters. The second-order valence-electron chi connectivity index (χ2n) is 9.32. The number of carbonyl (C=O) groups is 1. The molecule has 3 fully saturated rings. The number of fused-ring (bicyclic) bond motifs is 5. The van der Waals surface area contributed by atoms with E-state index in [0.717, 1.165) is 25.7 Å². The first kappa shape index (κ1) is 17.6. The summed E-state index contributed by atoms with van der Waals surface area (Å²) >= 11 is 0. The van der Waals surface area contributed by atoms with Crippen LogP contribution in [0.3, 0.4) is 0 Å². The van der Waals surface area contributed by atoms with Crippen LogP contribution in [0, 0.1) is 28.6 Å². The van der Waals surface area contributed by atoms with E-state index in [4.69, 9.17) is 0 Å². The molecule has 3 saturated carbocycles. The van der Waals surface area contributed by atoms with Gasteiger partial charge in [0.1, 0.15) is 0 Å². The van der Waals surface area contributed by atoms with E-state index in [1.165, 1.54) is 5.57 Å². The molecule has 0 aromatic carbocycles. The van der Waals surface area contributed by atoms with Crippen LogP contribution in [0.2, 0.25) is 0 Å². The molecule has 0 saturated heterocycles. The lowest BCUT2D eigenvalue weighted by Gasteiger charge is -2.59. The highest BCUT2D eigenvalue weighted by atomic mass is 19.4. The number of ketones is 1. The molecule has 0 bridgehead atoms. The van der Waals surface area contributed by atoms with Gasteiger partial charge >= 0.3 is 6.18 Å². The molecular formula is C20H27F3O2. The van der Waals surface area contributed by atoms with E-state index in [9.17, 15) is 23.1 Å². The fourth-order valence-corrected chi connectivity index (χ4v) is 7.04. The van der Waals surface area contributed by atoms with Crippen LogP contribution in [0.25, 0.3) is 0 Å². The van der Waals surface area contributed by atoms with Crippen molar-refractivity contribution in [3.05, 3.63) is 11.6 Å². The average Bonchev–Trinajstić information content (AvgIpc) is 2.81. The lowest BCUT2D eigenvalue weighted by Crippen LogP contribution is -2.60. The van der Waals surface area contributed by atoms with Crippen molar-refractivity contribution in [2.75, 3.05) is 0 Å². The number of allylic oxidation sites excluding steroid dienone is 1. The zero-order valence-corrected chi connectivity index (χ0v) is 15.0. The molecule has 0 aromatic heterocycles. The molecule has 1 N–H and O–H groups in total. The summed E-state index contributed by atoms with van der Waals surface area (Å²) in [7, 11) is 0. The monoisotopic (exact) mass is 356 g/mol. The molecule has 4 aliphatic rings. The van der Waals surface area contributed by atoms with E-state index in [0.29, 0.717) is 25.2 Å². The first-order chi connectivity index (χ1) is 11.5. The number of halogens is 3. The highest BCUT2D eigenvalue weighted by Gasteiger charge is 2.72. The quantitative estimate of drug-likeness (QED) is 0.676. The van der Waals surface area contributed by atoms with E-state index in [-0.39, 0.29) is 29.5 Å². The SMILES string of the molecule is C[C@]12CCC(=O)C=C1CC[C@@H]1[C@@H]2CC[C@@]2(C)[C@H]1CC[C@@]2(O)C(F)(F)F. The van der Waals surface area contributed by atoms with Crippen molar-refractivity contribution in [1.82, 2.24) is 0 Å². The molecule has 25 heavy (non-hydrogen) atoms. The van der Waals surface area contributed by atoms with Gasteiger partial charge in [-0.05, 0) is 74.2 Å². The second kappa shape index (κ2) is 5.11. The van der Waals surface area contributed by atoms with Gasteiger partial charge in [0, 0.05) is 11.8 Å². The van der Waals surface area contributed by atoms with Gasteiger partial charge in [-0.15, -0.1) is 0 Å². The van der Waals surface area contributed by atoms with Gasteiger partial charge in [0.2, 0.25) is 0 Å². The van der Waals surface area contributed by atoms with Crippen molar-refractivity contribution < 1.29 is 23.1 Å². The summed E-state index contributed by atoms with van der Waals surface area (Å²) in [5, 5.41) is 10.6. The third kappa shape index (κ3) is 2.11. The Balaban J connectivity index is 1.70. The number of alkyl halides is 3. The van der Waals surface area contributed by atoms with Gasteiger partial charge in [-0.1, -0.05) is 19.4 Å². The smallest absolute Gasteiger partial charge is 0.380 e. The zero-order valence-electron chi connectivity index (χ0n) is 15.0. The van der Waals surface area contributed by atoms with Crippen LogP contribution in [0.1, 0.15) is 65.2 Å². The Labute approximate surface area is 146 Å². The van der Waals surface area contributed by atoms with Crippen molar-refractivity contribution in [2.24, 2.45) is 28.6 Å². The van der Waals surface area contributed by atoms with Crippen LogP contribution < -0.4 is 0 Å². The largest absolute Gasteiger partial charge is 0.417 e. The molecule has 0 spiro atoms. The summed E-state index contributed by atoms with van der Waals surface area (Å²) in [5.41, 5.74) is -2.45. The lowest BCUT2D eigenvalue weighted by molar-refractivity contribution is -0.303. The van der Waals surface area contributed by atoms with E-state index in [1.807, 2.05) is 6.08 Å². The number of carbonyl (C=O) groups excluding carboxylic acids is 1. The molecule has 0 aromatic rings. The van der Waals surface area contributed by atoms with Gasteiger partial charge in [0.15, 0.2) is 11.4 Å². The first-order valence-corrected chi connectivity index (χ1v) is 9.56. The Morgan fingerprint density at radius 3 is 2.40 bits per heavy atom. The van der Waals surface area contributed by atoms with Crippen molar-refractivity contribution in [2.45, 2.75) is 77.0 Å². The summed E-state index contributed by atoms with van der Waals surface area (Å²) in [4.78, 5) is 11.8. The molecule has 0 heterocycles. The van der Waals surface area contributed by atoms with Gasteiger partial charge in [0.05, 0.1) is 0 Å². The summed E-state index contributed by atoms with van der Waals surface area (Å²) in [6.45, 7) is 3.89. The number of hydrogen-bond donors (Lipinski definition) is 1. The zero-order chi connectivity index (χ0) is 18.3. The Morgan fingerprint density at radius 2 is 1.72 bits per heavy atom. The highest BCUT2D eigenvalue weighted by molar-refractivity contribution is 5.91. The Hall–Kier alpha value is -0.840. The molecule has 4 rings (SSSR count). The maximum absolute atomic E-state index is 13.7. The minimum Gasteiger partial charge on any atom is -0.380 e. The summed E-state index contributed by atoms with van der Waals surface area (Å²) < 4.78 is 41.0. The second-order valence-corrected chi connectivity index (χ2v) is 9.32. The molecule has 0 amide bonds. The van der Waals surface area contributed by atoms with Crippen LogP contribution in [-0.2, 0) is 4.79 Å². The van der Waals surface area contributed by atoms with E-state index < -0.39 is 17.2 Å². The predicted molar refractivity (Wildman–Crippen MR) is 87.7 cm³/mol. The average molecular weight is 356 g/mol. The minimum atomic E-state index is -4.57. The van der Waals surface area contributed by atoms with Crippen LogP contribution in [-0.4, -0.2) is 22.7 Å². The van der Waals surface area contributed by atoms with Crippen molar-refractivity contribution in [3.8, 4) is 0 Å². The van der Waals surface area contributed by atoms with Crippen molar-refractivity contribution in [3.63, 3.8) is 0 Å². The topological polar surface area (TPSA) is 37.3 Å². The van der Waals surface area contributed by atoms with Crippen molar-refractivity contribution >= 4 is 5.78 Å². The normalized spacial score (nSPS) is 49.9. The molecule has 6 atom stereocenters. The Bertz CT molecular complexity index is 639. The fraction of sp³-hybridized carbons (Fsp3) is 0.850. The third-order valence-corrected chi connectivity index (χ3v) is 8.58. The van der Waals surface area contributed by atoms with Crippen LogP contribution in [0.5, 0.6) is 0 Å². The highest BCUT2D eigenvalue weighted by Crippen LogP contribution is 2.69. The van der Waals surface area contributed by atoms with Gasteiger partial charge in [-0.3, -0.25) is 4.79 Å². The first-order valence-electron chi connectivity index (χ1n) is 9.56. The van der Waals surface area contributed by atoms with Crippen LogP contribution in [0.15, 0.2) is 11.6 Å². The van der Waals surface area contributed by atoms with E-state index in [2.05, 4.69) is 6.92 Å². The molecule has 4 aliphatic carbocycles. The van der Waals surface area contributed by atoms with Crippen LogP contribution in [0.4, 0.5) is 13.2 Å². The standard InChI is InChI=1S/C20H27F3O2/c1-17-8-5-13(24)11-12(17)3-4-14-15(17)6-9-18(2)16(14)7-10-19(18,25)20(21,22)23/h11,14-16,25H,3-10H2,1-2H3/t14-,15+,16+,17+,18+,19+/m1/s1. The molecule has 0 aliphatic heterocycles. The Morgan fingerprint density at radius 1 is 1.04 bits per heavy atom. The molecule has 5 heteroatoms. The van der Waals surface area contributed by atoms with E-state index in [1.54, 1.807) is 6.92 Å². The maximum Gasteiger partial charge on any atom is 0.417 e. The van der Waals surface area contributed by atoms with Crippen molar-refractivity contribution in [1.29, 1.82) is 0 Å². The van der Waals surface area contributed by atoms with E-state index >= 15 is 0 Å². The lowest BCUT2D eigenvalue weighted by atomic mass is 9.46. The number of hydrogen-bond acceptors (Lipinski definition) is 2. The summed E-state index contributed by atoms with van der Waals surface area (Å²) in [6, 6.07) is 0. The summed E-state index contributed by atoms with van der Waals surface area (Å²) in [6.07, 6.45) is 1.74. The Kier molecular flexibility index (Phi) is 3.59. The van der Waals surface area contributed by atoms with Crippen LogP contribution >= 0.6 is 0 Å². The number of aliphatic hydroxyl groups is 1. The summed E-state index contributed by atoms with van der Waals surface area (Å²) in [5.74, 6) is 0.687. The minimum absolute atomic E-state index is 0.0445. The molecule has 2 nitrogen and oxygen atoms in total. The maximum atomic E-state index is 13.7. The molecular weight excluding hydrogens is 329 g/mol. The molecule has 0 radical (unpaired) electrons. The van der Waals surface area contributed by atoms with Gasteiger partial charge in [-0.2, -0.15) is 13.2 Å².